The van der Waals surface area contributed by atoms with Crippen LogP contribution in [0.4, 0.5) is 0 Å². The zero-order chi connectivity index (χ0) is 16.9. The maximum absolute atomic E-state index is 12.2. The highest BCUT2D eigenvalue weighted by atomic mass is 16.5. The molecule has 2 rings (SSSR count). The van der Waals surface area contributed by atoms with Crippen LogP contribution in [0.15, 0.2) is 54.6 Å². The van der Waals surface area contributed by atoms with Gasteiger partial charge in [0.1, 0.15) is 11.9 Å². The first kappa shape index (κ1) is 17.0. The summed E-state index contributed by atoms with van der Waals surface area (Å²) in [5, 5.41) is 13.5. The smallest absolute Gasteiger partial charge is 0.224 e. The van der Waals surface area contributed by atoms with Gasteiger partial charge in [-0.25, -0.2) is 0 Å². The van der Waals surface area contributed by atoms with Crippen LogP contribution in [0.1, 0.15) is 31.1 Å². The predicted octanol–water partition coefficient (Wildman–Crippen LogP) is 2.87. The minimum absolute atomic E-state index is 0.122. The molecule has 4 nitrogen and oxygen atoms in total. The molecule has 0 radical (unpaired) electrons. The lowest BCUT2D eigenvalue weighted by Gasteiger charge is -2.32. The van der Waals surface area contributed by atoms with Crippen LogP contribution in [0.25, 0.3) is 0 Å². The molecule has 2 N–H and O–H groups in total. The maximum atomic E-state index is 12.2. The zero-order valence-electron chi connectivity index (χ0n) is 13.7. The summed E-state index contributed by atoms with van der Waals surface area (Å²) in [6.45, 7) is 3.61. The second-order valence-electron chi connectivity index (χ2n) is 6.11. The van der Waals surface area contributed by atoms with E-state index in [9.17, 15) is 9.90 Å². The lowest BCUT2D eigenvalue weighted by molar-refractivity contribution is -0.123. The molecule has 0 aliphatic carbocycles. The number of benzene rings is 2. The minimum atomic E-state index is -0.836. The van der Waals surface area contributed by atoms with Crippen LogP contribution in [0.5, 0.6) is 5.75 Å². The van der Waals surface area contributed by atoms with Gasteiger partial charge < -0.3 is 15.2 Å². The number of carbonyl (C=O) groups excluding carboxylic acids is 1. The number of ether oxygens (including phenoxy) is 1. The molecule has 0 saturated carbocycles. The van der Waals surface area contributed by atoms with E-state index >= 15 is 0 Å². The number of amides is 1. The lowest BCUT2D eigenvalue weighted by atomic mass is 9.90. The predicted molar refractivity (Wildman–Crippen MR) is 90.3 cm³/mol. The Balaban J connectivity index is 2.06. The first-order chi connectivity index (χ1) is 10.9. The molecule has 1 unspecified atom stereocenters. The first-order valence-corrected chi connectivity index (χ1v) is 7.59. The summed E-state index contributed by atoms with van der Waals surface area (Å²) in [6.07, 6.45) is -0.549. The van der Waals surface area contributed by atoms with Gasteiger partial charge in [0.15, 0.2) is 0 Å². The number of nitrogens with one attached hydrogen (secondary N) is 1. The van der Waals surface area contributed by atoms with Gasteiger partial charge in [-0.15, -0.1) is 0 Å². The normalized spacial score (nSPS) is 12.5. The molecule has 0 spiro atoms. The summed E-state index contributed by atoms with van der Waals surface area (Å²) in [5.41, 5.74) is 0.851. The Morgan fingerprint density at radius 1 is 1.17 bits per heavy atom. The largest absolute Gasteiger partial charge is 0.497 e. The molecule has 0 bridgehead atoms. The Labute approximate surface area is 137 Å². The summed E-state index contributed by atoms with van der Waals surface area (Å²) in [5.74, 6) is 0.552. The summed E-state index contributed by atoms with van der Waals surface area (Å²) < 4.78 is 5.18. The highest BCUT2D eigenvalue weighted by Crippen LogP contribution is 2.28. The average Bonchev–Trinajstić information content (AvgIpc) is 2.54. The average molecular weight is 313 g/mol. The van der Waals surface area contributed by atoms with Crippen molar-refractivity contribution in [1.82, 2.24) is 5.32 Å². The van der Waals surface area contributed by atoms with Crippen molar-refractivity contribution in [3.63, 3.8) is 0 Å². The summed E-state index contributed by atoms with van der Waals surface area (Å²) in [7, 11) is 1.58. The Morgan fingerprint density at radius 2 is 1.87 bits per heavy atom. The van der Waals surface area contributed by atoms with Crippen LogP contribution in [-0.4, -0.2) is 23.7 Å². The number of hydrogen-bond acceptors (Lipinski definition) is 3. The van der Waals surface area contributed by atoms with Gasteiger partial charge in [0, 0.05) is 0 Å². The SMILES string of the molecule is COc1cccc(C(O)C(C)(C)NC(=O)Cc2ccccc2)c1. The van der Waals surface area contributed by atoms with Crippen molar-refractivity contribution >= 4 is 5.91 Å². The van der Waals surface area contributed by atoms with Crippen LogP contribution in [0.2, 0.25) is 0 Å². The van der Waals surface area contributed by atoms with Crippen molar-refractivity contribution in [2.24, 2.45) is 0 Å². The Morgan fingerprint density at radius 3 is 2.52 bits per heavy atom. The van der Waals surface area contributed by atoms with E-state index in [1.54, 1.807) is 27.0 Å². The fraction of sp³-hybridized carbons (Fsp3) is 0.316. The minimum Gasteiger partial charge on any atom is -0.497 e. The molecule has 0 heterocycles. The van der Waals surface area contributed by atoms with Crippen LogP contribution in [-0.2, 0) is 11.2 Å². The van der Waals surface area contributed by atoms with E-state index < -0.39 is 11.6 Å². The topological polar surface area (TPSA) is 58.6 Å². The van der Waals surface area contributed by atoms with E-state index in [4.69, 9.17) is 4.74 Å². The van der Waals surface area contributed by atoms with Gasteiger partial charge in [0.05, 0.1) is 19.1 Å². The van der Waals surface area contributed by atoms with E-state index in [2.05, 4.69) is 5.32 Å². The Kier molecular flexibility index (Phi) is 5.40. The van der Waals surface area contributed by atoms with E-state index in [0.717, 1.165) is 5.56 Å². The lowest BCUT2D eigenvalue weighted by Crippen LogP contribution is -2.48. The van der Waals surface area contributed by atoms with E-state index in [-0.39, 0.29) is 12.3 Å². The molecule has 1 atom stereocenters. The highest BCUT2D eigenvalue weighted by molar-refractivity contribution is 5.79. The molecule has 0 aromatic heterocycles. The van der Waals surface area contributed by atoms with Gasteiger partial charge in [-0.05, 0) is 37.1 Å². The van der Waals surface area contributed by atoms with Gasteiger partial charge in [-0.3, -0.25) is 4.79 Å². The quantitative estimate of drug-likeness (QED) is 0.862. The van der Waals surface area contributed by atoms with Crippen molar-refractivity contribution in [1.29, 1.82) is 0 Å². The number of methoxy groups -OCH3 is 1. The first-order valence-electron chi connectivity index (χ1n) is 7.59. The zero-order valence-corrected chi connectivity index (χ0v) is 13.7. The monoisotopic (exact) mass is 313 g/mol. The van der Waals surface area contributed by atoms with E-state index in [1.807, 2.05) is 48.5 Å². The van der Waals surface area contributed by atoms with Crippen molar-refractivity contribution < 1.29 is 14.6 Å². The van der Waals surface area contributed by atoms with Crippen molar-refractivity contribution in [2.75, 3.05) is 7.11 Å². The molecule has 4 heteroatoms. The molecule has 2 aromatic rings. The van der Waals surface area contributed by atoms with Crippen molar-refractivity contribution in [2.45, 2.75) is 31.9 Å². The second-order valence-corrected chi connectivity index (χ2v) is 6.11. The molecule has 0 fully saturated rings. The van der Waals surface area contributed by atoms with Crippen molar-refractivity contribution in [3.05, 3.63) is 65.7 Å². The highest BCUT2D eigenvalue weighted by Gasteiger charge is 2.31. The Hall–Kier alpha value is -2.33. The third-order valence-corrected chi connectivity index (χ3v) is 3.76. The fourth-order valence-electron chi connectivity index (χ4n) is 2.48. The third-order valence-electron chi connectivity index (χ3n) is 3.76. The van der Waals surface area contributed by atoms with Gasteiger partial charge in [-0.2, -0.15) is 0 Å². The van der Waals surface area contributed by atoms with E-state index in [0.29, 0.717) is 11.3 Å². The number of aliphatic hydroxyl groups is 1. The molecule has 0 aliphatic heterocycles. The van der Waals surface area contributed by atoms with Crippen LogP contribution >= 0.6 is 0 Å². The maximum Gasteiger partial charge on any atom is 0.224 e. The summed E-state index contributed by atoms with van der Waals surface area (Å²) >= 11 is 0. The molecule has 23 heavy (non-hydrogen) atoms. The van der Waals surface area contributed by atoms with Crippen LogP contribution in [0, 0.1) is 0 Å². The molecular formula is C19H23NO3. The van der Waals surface area contributed by atoms with Crippen LogP contribution < -0.4 is 10.1 Å². The second kappa shape index (κ2) is 7.29. The summed E-state index contributed by atoms with van der Waals surface area (Å²) in [6, 6.07) is 16.8. The molecule has 122 valence electrons. The van der Waals surface area contributed by atoms with Gasteiger partial charge in [-0.1, -0.05) is 42.5 Å². The molecule has 0 saturated heterocycles. The molecule has 0 aliphatic rings. The van der Waals surface area contributed by atoms with Crippen LogP contribution in [0.3, 0.4) is 0 Å². The van der Waals surface area contributed by atoms with Gasteiger partial charge in [0.25, 0.3) is 0 Å². The molecular weight excluding hydrogens is 290 g/mol. The summed E-state index contributed by atoms with van der Waals surface area (Å²) in [4.78, 5) is 12.2. The number of carbonyl (C=O) groups is 1. The number of aliphatic hydroxyl groups excluding tert-OH is 1. The van der Waals surface area contributed by atoms with Gasteiger partial charge in [0.2, 0.25) is 5.91 Å². The van der Waals surface area contributed by atoms with E-state index in [1.165, 1.54) is 0 Å². The number of rotatable bonds is 6. The van der Waals surface area contributed by atoms with Gasteiger partial charge >= 0.3 is 0 Å². The molecule has 2 aromatic carbocycles. The standard InChI is InChI=1S/C19H23NO3/c1-19(2,18(22)15-10-7-11-16(13-15)23-3)20-17(21)12-14-8-5-4-6-9-14/h4-11,13,18,22H,12H2,1-3H3,(H,20,21). The van der Waals surface area contributed by atoms with Crippen molar-refractivity contribution in [3.8, 4) is 5.75 Å². The number of hydrogen-bond donors (Lipinski definition) is 2. The third kappa shape index (κ3) is 4.57. The Bertz CT molecular complexity index is 653. The fourth-order valence-corrected chi connectivity index (χ4v) is 2.48. The molecule has 1 amide bonds.